The highest BCUT2D eigenvalue weighted by Crippen LogP contribution is 2.31. The molecule has 4 N–H and O–H groups in total. The van der Waals surface area contributed by atoms with E-state index in [-0.39, 0.29) is 41.6 Å². The number of carbonyl (C=O) groups excluding carboxylic acids is 2. The van der Waals surface area contributed by atoms with Gasteiger partial charge in [-0.15, -0.1) is 0 Å². The van der Waals surface area contributed by atoms with E-state index in [0.717, 1.165) is 28.0 Å². The predicted molar refractivity (Wildman–Crippen MR) is 169 cm³/mol. The summed E-state index contributed by atoms with van der Waals surface area (Å²) in [5.74, 6) is -0.382. The molecule has 0 saturated carbocycles. The highest BCUT2D eigenvalue weighted by molar-refractivity contribution is 7.16. The first-order chi connectivity index (χ1) is 20.3. The highest BCUT2D eigenvalue weighted by atomic mass is 35.5. The largest absolute Gasteiger partial charge is 0.506 e. The minimum absolute atomic E-state index is 0.0663. The molecule has 0 radical (unpaired) electrons. The number of rotatable bonds is 10. The molecule has 2 amide bonds. The van der Waals surface area contributed by atoms with Gasteiger partial charge in [0, 0.05) is 35.2 Å². The zero-order valence-corrected chi connectivity index (χ0v) is 26.3. The molecular formula is C31H33Cl2N3O6S. The van der Waals surface area contributed by atoms with Crippen LogP contribution < -0.4 is 10.2 Å². The first-order valence-electron chi connectivity index (χ1n) is 13.6. The Balaban J connectivity index is 1.36. The van der Waals surface area contributed by atoms with E-state index in [9.17, 15) is 24.6 Å². The first-order valence-corrected chi connectivity index (χ1v) is 15.2. The number of aromatic nitrogens is 1. The van der Waals surface area contributed by atoms with E-state index in [1.165, 1.54) is 12.1 Å². The molecule has 43 heavy (non-hydrogen) atoms. The van der Waals surface area contributed by atoms with E-state index in [2.05, 4.69) is 10.3 Å². The number of aromatic amines is 1. The van der Waals surface area contributed by atoms with E-state index in [0.29, 0.717) is 33.3 Å². The summed E-state index contributed by atoms with van der Waals surface area (Å²) in [5.41, 5.74) is 2.38. The van der Waals surface area contributed by atoms with Gasteiger partial charge in [0.2, 0.25) is 5.91 Å². The summed E-state index contributed by atoms with van der Waals surface area (Å²) in [6, 6.07) is 15.5. The summed E-state index contributed by atoms with van der Waals surface area (Å²) in [7, 11) is 0. The molecule has 0 fully saturated rings. The quantitative estimate of drug-likeness (QED) is 0.168. The molecule has 4 rings (SSSR count). The second-order valence-corrected chi connectivity index (χ2v) is 12.9. The Morgan fingerprint density at radius 2 is 1.70 bits per heavy atom. The lowest BCUT2D eigenvalue weighted by Gasteiger charge is -2.28. The fraction of sp³-hybridized carbons (Fsp3) is 0.323. The summed E-state index contributed by atoms with van der Waals surface area (Å²) in [6.07, 6.45) is -1.01. The van der Waals surface area contributed by atoms with Gasteiger partial charge in [0.1, 0.15) is 16.9 Å². The van der Waals surface area contributed by atoms with Gasteiger partial charge in [0.05, 0.1) is 17.2 Å². The molecule has 1 atom stereocenters. The van der Waals surface area contributed by atoms with Crippen LogP contribution in [0, 0.1) is 0 Å². The summed E-state index contributed by atoms with van der Waals surface area (Å²) >= 11 is 13.5. The Hall–Kier alpha value is -3.57. The Morgan fingerprint density at radius 1 is 1.05 bits per heavy atom. The van der Waals surface area contributed by atoms with Crippen molar-refractivity contribution in [3.63, 3.8) is 0 Å². The van der Waals surface area contributed by atoms with Gasteiger partial charge in [0.25, 0.3) is 0 Å². The highest BCUT2D eigenvalue weighted by Gasteiger charge is 2.23. The maximum Gasteiger partial charge on any atom is 0.410 e. The molecule has 9 nitrogen and oxygen atoms in total. The van der Waals surface area contributed by atoms with Gasteiger partial charge < -0.3 is 30.2 Å². The molecule has 0 aliphatic rings. The van der Waals surface area contributed by atoms with Crippen molar-refractivity contribution in [2.45, 2.75) is 51.9 Å². The predicted octanol–water partition coefficient (Wildman–Crippen LogP) is 5.97. The number of carbonyl (C=O) groups is 2. The Labute approximate surface area is 263 Å². The number of nitrogens with zero attached hydrogens (tertiary/aromatic N) is 1. The summed E-state index contributed by atoms with van der Waals surface area (Å²) in [6.45, 7) is 5.96. The first kappa shape index (κ1) is 32.3. The van der Waals surface area contributed by atoms with Crippen molar-refractivity contribution in [2.75, 3.05) is 13.1 Å². The minimum Gasteiger partial charge on any atom is -0.506 e. The number of halogens is 2. The molecule has 0 bridgehead atoms. The maximum atomic E-state index is 13.0. The summed E-state index contributed by atoms with van der Waals surface area (Å²) in [4.78, 5) is 41.2. The average molecular weight is 647 g/mol. The molecule has 0 aliphatic heterocycles. The van der Waals surface area contributed by atoms with Gasteiger partial charge in [-0.05, 0) is 62.1 Å². The molecule has 0 spiro atoms. The van der Waals surface area contributed by atoms with Crippen LogP contribution >= 0.6 is 34.5 Å². The van der Waals surface area contributed by atoms with Crippen LogP contribution in [0.25, 0.3) is 10.2 Å². The van der Waals surface area contributed by atoms with E-state index < -0.39 is 17.8 Å². The molecular weight excluding hydrogens is 613 g/mol. The van der Waals surface area contributed by atoms with Crippen LogP contribution in [-0.2, 0) is 28.9 Å². The lowest BCUT2D eigenvalue weighted by molar-refractivity contribution is -0.120. The molecule has 4 aromatic rings. The number of benzene rings is 3. The van der Waals surface area contributed by atoms with Crippen LogP contribution in [0.3, 0.4) is 0 Å². The Morgan fingerprint density at radius 3 is 2.35 bits per heavy atom. The van der Waals surface area contributed by atoms with Crippen molar-refractivity contribution in [3.8, 4) is 5.75 Å². The minimum atomic E-state index is -1.07. The SMILES string of the molecule is CC(C)(C)OC(=O)N(CCc1c(Cl)cccc1Cl)Cc1ccc(CC(=O)NC[C@H](O)c2ccc(O)c3[nH]c(=O)sc23)cc1. The fourth-order valence-electron chi connectivity index (χ4n) is 4.43. The topological polar surface area (TPSA) is 132 Å². The van der Waals surface area contributed by atoms with E-state index >= 15 is 0 Å². The van der Waals surface area contributed by atoms with Crippen LogP contribution in [0.15, 0.2) is 59.4 Å². The molecule has 228 valence electrons. The number of fused-ring (bicyclic) bond motifs is 1. The number of H-pyrrole nitrogens is 1. The number of phenolic OH excluding ortho intramolecular Hbond substituents is 1. The lowest BCUT2D eigenvalue weighted by atomic mass is 10.1. The van der Waals surface area contributed by atoms with Gasteiger partial charge in [-0.1, -0.05) is 70.9 Å². The van der Waals surface area contributed by atoms with E-state index in [1.807, 2.05) is 24.3 Å². The Kier molecular flexibility index (Phi) is 10.4. The molecule has 12 heteroatoms. The number of ether oxygens (including phenoxy) is 1. The fourth-order valence-corrected chi connectivity index (χ4v) is 5.94. The third-order valence-corrected chi connectivity index (χ3v) is 8.19. The number of aliphatic hydroxyl groups is 1. The smallest absolute Gasteiger partial charge is 0.410 e. The van der Waals surface area contributed by atoms with Crippen molar-refractivity contribution < 1.29 is 24.5 Å². The van der Waals surface area contributed by atoms with E-state index in [1.54, 1.807) is 43.9 Å². The van der Waals surface area contributed by atoms with Crippen LogP contribution in [0.5, 0.6) is 5.75 Å². The molecule has 1 heterocycles. The summed E-state index contributed by atoms with van der Waals surface area (Å²) in [5, 5.41) is 24.4. The van der Waals surface area contributed by atoms with Crippen LogP contribution in [0.2, 0.25) is 10.0 Å². The number of hydrogen-bond donors (Lipinski definition) is 4. The van der Waals surface area contributed by atoms with E-state index in [4.69, 9.17) is 27.9 Å². The molecule has 1 aromatic heterocycles. The van der Waals surface area contributed by atoms with Crippen LogP contribution in [0.4, 0.5) is 4.79 Å². The van der Waals surface area contributed by atoms with Crippen molar-refractivity contribution in [3.05, 3.63) is 96.6 Å². The number of thiazole rings is 1. The van der Waals surface area contributed by atoms with Crippen molar-refractivity contribution in [2.24, 2.45) is 0 Å². The van der Waals surface area contributed by atoms with Gasteiger partial charge in [0.15, 0.2) is 0 Å². The normalized spacial score (nSPS) is 12.2. The number of aromatic hydroxyl groups is 1. The third kappa shape index (κ3) is 8.73. The monoisotopic (exact) mass is 645 g/mol. The maximum absolute atomic E-state index is 13.0. The number of aliphatic hydroxyl groups excluding tert-OH is 1. The molecule has 0 saturated heterocycles. The number of phenols is 1. The molecule has 0 aliphatic carbocycles. The van der Waals surface area contributed by atoms with Gasteiger partial charge >= 0.3 is 11.0 Å². The number of amides is 2. The summed E-state index contributed by atoms with van der Waals surface area (Å²) < 4.78 is 6.07. The zero-order chi connectivity index (χ0) is 31.3. The van der Waals surface area contributed by atoms with Gasteiger partial charge in [-0.3, -0.25) is 9.59 Å². The van der Waals surface area contributed by atoms with Crippen LogP contribution in [-0.4, -0.2) is 50.8 Å². The number of nitrogens with one attached hydrogen (secondary N) is 2. The average Bonchev–Trinajstić information content (AvgIpc) is 3.33. The second-order valence-electron chi connectivity index (χ2n) is 11.1. The zero-order valence-electron chi connectivity index (χ0n) is 23.9. The standard InChI is InChI=1S/C31H33Cl2N3O6S/c1-31(2,3)42-30(41)36(14-13-20-22(32)5-4-6-23(20)33)17-19-9-7-18(8-10-19)15-26(39)34-16-25(38)21-11-12-24(37)27-28(21)43-29(40)35-27/h4-12,25,37-38H,13-17H2,1-3H3,(H,34,39)(H,35,40)/t25-/m0/s1. The van der Waals surface area contributed by atoms with Crippen molar-refractivity contribution in [1.82, 2.24) is 15.2 Å². The molecule has 3 aromatic carbocycles. The van der Waals surface area contributed by atoms with Crippen LogP contribution in [0.1, 0.15) is 49.1 Å². The molecule has 0 unspecified atom stereocenters. The third-order valence-electron chi connectivity index (χ3n) is 6.55. The van der Waals surface area contributed by atoms with Crippen molar-refractivity contribution in [1.29, 1.82) is 0 Å². The Bertz CT molecular complexity index is 1640. The number of hydrogen-bond acceptors (Lipinski definition) is 7. The second kappa shape index (κ2) is 13.8. The lowest BCUT2D eigenvalue weighted by Crippen LogP contribution is -2.37. The van der Waals surface area contributed by atoms with Gasteiger partial charge in [-0.2, -0.15) is 0 Å². The van der Waals surface area contributed by atoms with Gasteiger partial charge in [-0.25, -0.2) is 4.79 Å². The van der Waals surface area contributed by atoms with Crippen molar-refractivity contribution >= 4 is 56.8 Å².